The number of morpholine rings is 1. The number of rotatable bonds is 10. The lowest BCUT2D eigenvalue weighted by Crippen LogP contribution is -2.62. The van der Waals surface area contributed by atoms with E-state index in [2.05, 4.69) is 49.5 Å². The molecule has 298 valence electrons. The summed E-state index contributed by atoms with van der Waals surface area (Å²) in [4.78, 5) is 47.7. The van der Waals surface area contributed by atoms with Gasteiger partial charge < -0.3 is 23.5 Å². The van der Waals surface area contributed by atoms with Crippen LogP contribution in [0.1, 0.15) is 97.6 Å². The van der Waals surface area contributed by atoms with E-state index in [-0.39, 0.29) is 24.1 Å². The fourth-order valence-corrected chi connectivity index (χ4v) is 6.99. The molecule has 55 heavy (non-hydrogen) atoms. The van der Waals surface area contributed by atoms with E-state index in [1.165, 1.54) is 0 Å². The third-order valence-electron chi connectivity index (χ3n) is 9.58. The number of nitrogens with zero attached hydrogens (tertiary/aromatic N) is 2. The summed E-state index contributed by atoms with van der Waals surface area (Å²) in [5, 5.41) is 6.36. The minimum absolute atomic E-state index is 0.0723. The molecule has 0 aromatic heterocycles. The summed E-state index contributed by atoms with van der Waals surface area (Å²) < 4.78 is 24.4. The molecular weight excluding hydrogens is 713 g/mol. The first-order valence-corrected chi connectivity index (χ1v) is 21.9. The molecule has 3 aromatic carbocycles. The molecule has 3 aromatic rings. The second-order valence-corrected chi connectivity index (χ2v) is 22.2. The first-order chi connectivity index (χ1) is 25.6. The van der Waals surface area contributed by atoms with Gasteiger partial charge in [0.15, 0.2) is 8.32 Å². The highest BCUT2D eigenvalue weighted by molar-refractivity contribution is 6.74. The second kappa shape index (κ2) is 18.0. The van der Waals surface area contributed by atoms with E-state index in [1.807, 2.05) is 91.0 Å². The average molecular weight is 773 g/mol. The van der Waals surface area contributed by atoms with Crippen molar-refractivity contribution in [2.45, 2.75) is 129 Å². The number of esters is 1. The molecule has 1 heterocycles. The van der Waals surface area contributed by atoms with Gasteiger partial charge in [-0.25, -0.2) is 9.59 Å². The molecule has 1 aliphatic heterocycles. The van der Waals surface area contributed by atoms with Crippen molar-refractivity contribution < 1.29 is 33.0 Å². The van der Waals surface area contributed by atoms with Crippen molar-refractivity contribution in [1.29, 1.82) is 0 Å². The van der Waals surface area contributed by atoms with Gasteiger partial charge in [-0.1, -0.05) is 112 Å². The van der Waals surface area contributed by atoms with Crippen molar-refractivity contribution in [3.63, 3.8) is 0 Å². The lowest BCUT2D eigenvalue weighted by molar-refractivity contribution is -0.163. The fourth-order valence-electron chi connectivity index (χ4n) is 5.93. The normalized spacial score (nSPS) is 18.9. The van der Waals surface area contributed by atoms with Gasteiger partial charge in [-0.3, -0.25) is 15.4 Å². The third-order valence-corrected chi connectivity index (χ3v) is 14.1. The number of alkyl carbamates (subject to hydrolysis) is 1. The van der Waals surface area contributed by atoms with E-state index in [9.17, 15) is 14.4 Å². The van der Waals surface area contributed by atoms with E-state index >= 15 is 0 Å². The largest absolute Gasteiger partial charge is 0.454 e. The average Bonchev–Trinajstić information content (AvgIpc) is 3.08. The smallest absolute Gasteiger partial charge is 0.437 e. The van der Waals surface area contributed by atoms with Crippen LogP contribution in [0, 0.1) is 0 Å². The molecule has 2 N–H and O–H groups in total. The van der Waals surface area contributed by atoms with Crippen LogP contribution in [0.4, 0.5) is 9.59 Å². The molecule has 2 amide bonds. The summed E-state index contributed by atoms with van der Waals surface area (Å²) in [7, 11) is -2.25. The maximum atomic E-state index is 14.5. The molecule has 0 saturated carbocycles. The van der Waals surface area contributed by atoms with Gasteiger partial charge in [-0.15, -0.1) is 4.99 Å². The van der Waals surface area contributed by atoms with Crippen LogP contribution in [0.3, 0.4) is 0 Å². The Kier molecular flexibility index (Phi) is 14.1. The molecule has 4 rings (SSSR count). The molecule has 0 bridgehead atoms. The van der Waals surface area contributed by atoms with E-state index in [1.54, 1.807) is 46.4 Å². The number of amides is 2. The Bertz CT molecular complexity index is 1750. The molecular formula is C43H60N4O7Si. The number of carbonyl (C=O) groups is 3. The molecule has 0 aliphatic carbocycles. The summed E-state index contributed by atoms with van der Waals surface area (Å²) >= 11 is 0. The van der Waals surface area contributed by atoms with E-state index in [0.29, 0.717) is 6.42 Å². The molecule has 0 radical (unpaired) electrons. The van der Waals surface area contributed by atoms with Gasteiger partial charge in [0.25, 0.3) is 0 Å². The molecule has 0 spiro atoms. The Balaban J connectivity index is 1.90. The molecule has 4 atom stereocenters. The van der Waals surface area contributed by atoms with Crippen LogP contribution in [0.5, 0.6) is 0 Å². The zero-order chi connectivity index (χ0) is 40.6. The highest BCUT2D eigenvalue weighted by Crippen LogP contribution is 2.39. The maximum Gasteiger partial charge on any atom is 0.437 e. The van der Waals surface area contributed by atoms with Gasteiger partial charge in [0.1, 0.15) is 23.3 Å². The number of ether oxygens (including phenoxy) is 3. The Morgan fingerprint density at radius 2 is 1.35 bits per heavy atom. The van der Waals surface area contributed by atoms with Crippen LogP contribution in [0.25, 0.3) is 0 Å². The van der Waals surface area contributed by atoms with Crippen molar-refractivity contribution in [3.8, 4) is 0 Å². The van der Waals surface area contributed by atoms with Gasteiger partial charge in [0.2, 0.25) is 5.96 Å². The van der Waals surface area contributed by atoms with Crippen molar-refractivity contribution in [1.82, 2.24) is 15.5 Å². The minimum Gasteiger partial charge on any atom is -0.454 e. The van der Waals surface area contributed by atoms with E-state index < -0.39 is 61.9 Å². The molecule has 12 heteroatoms. The number of hydrogen-bond acceptors (Lipinski definition) is 8. The third kappa shape index (κ3) is 12.8. The quantitative estimate of drug-likeness (QED) is 0.0682. The van der Waals surface area contributed by atoms with Gasteiger partial charge in [0, 0.05) is 13.2 Å². The number of aliphatic imine (C=N–C) groups is 1. The summed E-state index contributed by atoms with van der Waals surface area (Å²) in [6, 6.07) is 26.9. The Labute approximate surface area is 328 Å². The van der Waals surface area contributed by atoms with Crippen LogP contribution >= 0.6 is 0 Å². The van der Waals surface area contributed by atoms with Gasteiger partial charge >= 0.3 is 18.2 Å². The standard InChI is InChI=1S/C43H60N4O7Si/c1-41(2,3)53-39(49)45-38(46-40(50)54-42(4,5)6)47(29-30-21-15-12-16-22-30)33(27-28-51-55(10,11)43(7,8)9)35-37(48)52-36(32-25-19-14-20-26-32)34(44-35)31-23-17-13-18-24-31/h12-26,33-36,44H,27-29H2,1-11H3,(H,45,46,49,50)/t33-,34+,35?,36-/m1/s1. The minimum atomic E-state index is -2.25. The second-order valence-electron chi connectivity index (χ2n) is 17.4. The lowest BCUT2D eigenvalue weighted by atomic mass is 9.90. The highest BCUT2D eigenvalue weighted by Gasteiger charge is 2.46. The monoisotopic (exact) mass is 772 g/mol. The SMILES string of the molecule is CC(C)(C)OC(=O)/N=C(/NC(=O)OC(C)(C)C)N(Cc1ccccc1)[C@H](CCO[Si](C)(C)C(C)(C)C)C1N[C@@H](c2ccccc2)[C@@H](c2ccccc2)OC1=O. The number of carbonyl (C=O) groups excluding carboxylic acids is 3. The van der Waals surface area contributed by atoms with E-state index in [4.69, 9.17) is 18.6 Å². The number of hydrogen-bond donors (Lipinski definition) is 2. The van der Waals surface area contributed by atoms with Crippen LogP contribution in [0.2, 0.25) is 18.1 Å². The summed E-state index contributed by atoms with van der Waals surface area (Å²) in [5.74, 6) is -0.633. The van der Waals surface area contributed by atoms with E-state index in [0.717, 1.165) is 16.7 Å². The molecule has 11 nitrogen and oxygen atoms in total. The lowest BCUT2D eigenvalue weighted by Gasteiger charge is -2.44. The predicted molar refractivity (Wildman–Crippen MR) is 218 cm³/mol. The van der Waals surface area contributed by atoms with Gasteiger partial charge in [-0.2, -0.15) is 0 Å². The van der Waals surface area contributed by atoms with Crippen molar-refractivity contribution in [2.75, 3.05) is 6.61 Å². The molecule has 1 fully saturated rings. The van der Waals surface area contributed by atoms with Crippen molar-refractivity contribution >= 4 is 32.4 Å². The van der Waals surface area contributed by atoms with Gasteiger partial charge in [0.05, 0.1) is 12.1 Å². The number of cyclic esters (lactones) is 1. The van der Waals surface area contributed by atoms with Crippen LogP contribution in [-0.2, 0) is 30.0 Å². The van der Waals surface area contributed by atoms with Crippen LogP contribution < -0.4 is 10.6 Å². The zero-order valence-electron chi connectivity index (χ0n) is 34.3. The fraction of sp³-hybridized carbons (Fsp3) is 0.488. The topological polar surface area (TPSA) is 128 Å². The van der Waals surface area contributed by atoms with Crippen molar-refractivity contribution in [3.05, 3.63) is 108 Å². The summed E-state index contributed by atoms with van der Waals surface area (Å²) in [6.45, 7) is 21.7. The number of nitrogens with one attached hydrogen (secondary N) is 2. The maximum absolute atomic E-state index is 14.5. The first kappa shape index (κ1) is 43.2. The highest BCUT2D eigenvalue weighted by atomic mass is 28.4. The van der Waals surface area contributed by atoms with Crippen LogP contribution in [0.15, 0.2) is 96.0 Å². The van der Waals surface area contributed by atoms with Crippen LogP contribution in [-0.4, -0.2) is 67.2 Å². The number of benzene rings is 3. The predicted octanol–water partition coefficient (Wildman–Crippen LogP) is 9.08. The van der Waals surface area contributed by atoms with Crippen molar-refractivity contribution in [2.24, 2.45) is 4.99 Å². The Morgan fingerprint density at radius 3 is 1.87 bits per heavy atom. The summed E-state index contributed by atoms with van der Waals surface area (Å²) in [5.41, 5.74) is 0.878. The van der Waals surface area contributed by atoms with Gasteiger partial charge in [-0.05, 0) is 82.8 Å². The first-order valence-electron chi connectivity index (χ1n) is 19.0. The molecule has 1 aliphatic rings. The number of guanidine groups is 1. The Hall–Kier alpha value is -4.52. The molecule has 1 saturated heterocycles. The Morgan fingerprint density at radius 1 is 0.818 bits per heavy atom. The zero-order valence-corrected chi connectivity index (χ0v) is 35.3. The molecule has 1 unspecified atom stereocenters. The summed E-state index contributed by atoms with van der Waals surface area (Å²) in [6.07, 6.45) is -2.07.